The lowest BCUT2D eigenvalue weighted by Gasteiger charge is -2.33. The maximum absolute atomic E-state index is 13.4. The lowest BCUT2D eigenvalue weighted by atomic mass is 9.74. The number of nitriles is 1. The lowest BCUT2D eigenvalue weighted by molar-refractivity contribution is -0.138. The molecule has 1 aromatic carbocycles. The fraction of sp³-hybridized carbons (Fsp3) is 0.333. The first-order valence-corrected chi connectivity index (χ1v) is 7.65. The van der Waals surface area contributed by atoms with E-state index in [4.69, 9.17) is 0 Å². The number of alkyl halides is 3. The van der Waals surface area contributed by atoms with Crippen molar-refractivity contribution in [2.24, 2.45) is 0 Å². The summed E-state index contributed by atoms with van der Waals surface area (Å²) in [7, 11) is 0. The molecule has 6 heteroatoms. The summed E-state index contributed by atoms with van der Waals surface area (Å²) < 4.78 is 40.3. The topological polar surface area (TPSA) is 52.9 Å². The summed E-state index contributed by atoms with van der Waals surface area (Å²) in [5, 5.41) is 12.5. The summed E-state index contributed by atoms with van der Waals surface area (Å²) in [5.74, 6) is -1.15. The maximum atomic E-state index is 13.4. The maximum Gasteiger partial charge on any atom is 0.416 e. The minimum Gasteiger partial charge on any atom is -0.361 e. The molecule has 0 saturated carbocycles. The fourth-order valence-electron chi connectivity index (χ4n) is 3.45. The Morgan fingerprint density at radius 3 is 2.62 bits per heavy atom. The van der Waals surface area contributed by atoms with Gasteiger partial charge in [0.1, 0.15) is 0 Å². The summed E-state index contributed by atoms with van der Waals surface area (Å²) >= 11 is 0. The van der Waals surface area contributed by atoms with E-state index in [1.165, 1.54) is 18.2 Å². The largest absolute Gasteiger partial charge is 0.416 e. The van der Waals surface area contributed by atoms with E-state index in [0.717, 1.165) is 6.07 Å². The van der Waals surface area contributed by atoms with Gasteiger partial charge in [-0.25, -0.2) is 0 Å². The van der Waals surface area contributed by atoms with E-state index in [2.05, 4.69) is 5.32 Å². The number of ketones is 1. The molecule has 1 aromatic rings. The third-order valence-corrected chi connectivity index (χ3v) is 4.47. The van der Waals surface area contributed by atoms with Crippen molar-refractivity contribution in [2.75, 3.05) is 0 Å². The average Bonchev–Trinajstić information content (AvgIpc) is 2.53. The normalized spacial score (nSPS) is 21.3. The molecule has 1 aliphatic heterocycles. The van der Waals surface area contributed by atoms with Crippen molar-refractivity contribution in [3.8, 4) is 6.07 Å². The Morgan fingerprint density at radius 2 is 1.96 bits per heavy atom. The Labute approximate surface area is 137 Å². The number of halogens is 3. The van der Waals surface area contributed by atoms with Gasteiger partial charge in [-0.15, -0.1) is 0 Å². The molecule has 124 valence electrons. The number of benzene rings is 1. The van der Waals surface area contributed by atoms with Crippen molar-refractivity contribution in [3.05, 3.63) is 57.9 Å². The number of Topliss-reactive ketones (excluding diaryl/α,β-unsaturated/α-hetero) is 1. The molecule has 2 aliphatic rings. The highest BCUT2D eigenvalue weighted by Gasteiger charge is 2.41. The van der Waals surface area contributed by atoms with Gasteiger partial charge in [0, 0.05) is 23.4 Å². The number of nitrogens with zero attached hydrogens (tertiary/aromatic N) is 1. The number of nitrogens with one attached hydrogen (secondary N) is 1. The first kappa shape index (κ1) is 16.3. The third-order valence-electron chi connectivity index (χ3n) is 4.47. The molecule has 3 nitrogen and oxygen atoms in total. The van der Waals surface area contributed by atoms with Gasteiger partial charge in [0.2, 0.25) is 0 Å². The van der Waals surface area contributed by atoms with Gasteiger partial charge in [0.05, 0.1) is 23.1 Å². The quantitative estimate of drug-likeness (QED) is 0.839. The molecule has 1 aliphatic carbocycles. The number of carbonyl (C=O) groups is 1. The second kappa shape index (κ2) is 5.82. The van der Waals surface area contributed by atoms with Crippen LogP contribution in [-0.2, 0) is 11.0 Å². The smallest absolute Gasteiger partial charge is 0.361 e. The van der Waals surface area contributed by atoms with Crippen LogP contribution in [0.25, 0.3) is 0 Å². The first-order valence-electron chi connectivity index (χ1n) is 7.65. The van der Waals surface area contributed by atoms with Gasteiger partial charge in [-0.05, 0) is 31.4 Å². The van der Waals surface area contributed by atoms with Crippen LogP contribution in [0.2, 0.25) is 0 Å². The molecule has 0 aromatic heterocycles. The minimum atomic E-state index is -4.55. The van der Waals surface area contributed by atoms with Crippen molar-refractivity contribution < 1.29 is 18.0 Å². The molecule has 0 saturated heterocycles. The van der Waals surface area contributed by atoms with Crippen molar-refractivity contribution in [1.29, 1.82) is 5.26 Å². The number of rotatable bonds is 1. The number of hydrogen-bond acceptors (Lipinski definition) is 3. The van der Waals surface area contributed by atoms with Crippen LogP contribution in [-0.4, -0.2) is 5.78 Å². The zero-order valence-corrected chi connectivity index (χ0v) is 13.0. The average molecular weight is 332 g/mol. The van der Waals surface area contributed by atoms with E-state index in [0.29, 0.717) is 36.2 Å². The molecule has 1 N–H and O–H groups in total. The third kappa shape index (κ3) is 2.60. The Hall–Kier alpha value is -2.55. The van der Waals surface area contributed by atoms with E-state index in [9.17, 15) is 23.2 Å². The highest BCUT2D eigenvalue weighted by Crippen LogP contribution is 2.45. The van der Waals surface area contributed by atoms with Crippen LogP contribution in [0.1, 0.15) is 43.2 Å². The Morgan fingerprint density at radius 1 is 1.25 bits per heavy atom. The Bertz CT molecular complexity index is 812. The van der Waals surface area contributed by atoms with Crippen LogP contribution in [0, 0.1) is 11.3 Å². The summed E-state index contributed by atoms with van der Waals surface area (Å²) in [6, 6.07) is 7.17. The van der Waals surface area contributed by atoms with Crippen molar-refractivity contribution in [1.82, 2.24) is 5.32 Å². The van der Waals surface area contributed by atoms with Gasteiger partial charge in [-0.3, -0.25) is 4.79 Å². The van der Waals surface area contributed by atoms with Crippen LogP contribution in [0.3, 0.4) is 0 Å². The number of dihydropyridines is 1. The first-order chi connectivity index (χ1) is 11.3. The van der Waals surface area contributed by atoms with Crippen molar-refractivity contribution >= 4 is 5.78 Å². The molecular formula is C18H15F3N2O. The summed E-state index contributed by atoms with van der Waals surface area (Å²) in [5.41, 5.74) is 0.784. The Kier molecular flexibility index (Phi) is 3.96. The lowest BCUT2D eigenvalue weighted by Crippen LogP contribution is -2.32. The van der Waals surface area contributed by atoms with Gasteiger partial charge in [-0.1, -0.05) is 18.2 Å². The van der Waals surface area contributed by atoms with Crippen LogP contribution in [0.5, 0.6) is 0 Å². The standard InChI is InChI=1S/C18H15F3N2O/c1-10-12(9-22)16(17-14(23-10)7-4-8-15(17)24)11-5-2-3-6-13(11)18(19,20)21/h2-3,5-6,16,23H,4,7-8H2,1H3/t16-/m1/s1. The SMILES string of the molecule is CC1=C(C#N)[C@@H](c2ccccc2C(F)(F)F)C2=C(CCCC2=O)N1. The molecule has 1 atom stereocenters. The van der Waals surface area contributed by atoms with Crippen molar-refractivity contribution in [2.45, 2.75) is 38.3 Å². The summed E-state index contributed by atoms with van der Waals surface area (Å²) in [6.07, 6.45) is -2.99. The molecule has 0 spiro atoms. The summed E-state index contributed by atoms with van der Waals surface area (Å²) in [4.78, 5) is 12.4. The van der Waals surface area contributed by atoms with Crippen molar-refractivity contribution in [3.63, 3.8) is 0 Å². The monoisotopic (exact) mass is 332 g/mol. The molecule has 0 bridgehead atoms. The molecule has 3 rings (SSSR count). The molecule has 0 amide bonds. The van der Waals surface area contributed by atoms with E-state index in [1.807, 2.05) is 6.07 Å². The second-order valence-corrected chi connectivity index (χ2v) is 5.96. The zero-order chi connectivity index (χ0) is 17.5. The molecule has 0 fully saturated rings. The predicted molar refractivity (Wildman–Crippen MR) is 81.5 cm³/mol. The van der Waals surface area contributed by atoms with Gasteiger partial charge >= 0.3 is 6.18 Å². The van der Waals surface area contributed by atoms with E-state index in [1.54, 1.807) is 6.92 Å². The van der Waals surface area contributed by atoms with E-state index in [-0.39, 0.29) is 16.9 Å². The minimum absolute atomic E-state index is 0.0369. The van der Waals surface area contributed by atoms with Gasteiger partial charge in [0.25, 0.3) is 0 Å². The molecule has 24 heavy (non-hydrogen) atoms. The predicted octanol–water partition coefficient (Wildman–Crippen LogP) is 4.20. The van der Waals surface area contributed by atoms with Gasteiger partial charge in [0.15, 0.2) is 5.78 Å². The fourth-order valence-corrected chi connectivity index (χ4v) is 3.45. The van der Waals surface area contributed by atoms with Crippen LogP contribution < -0.4 is 5.32 Å². The van der Waals surface area contributed by atoms with Crippen LogP contribution >= 0.6 is 0 Å². The zero-order valence-electron chi connectivity index (χ0n) is 13.0. The molecule has 0 unspecified atom stereocenters. The number of carbonyl (C=O) groups excluding carboxylic acids is 1. The summed E-state index contributed by atoms with van der Waals surface area (Å²) in [6.45, 7) is 1.66. The van der Waals surface area contributed by atoms with Gasteiger partial charge < -0.3 is 5.32 Å². The Balaban J connectivity index is 2.27. The van der Waals surface area contributed by atoms with E-state index >= 15 is 0 Å². The highest BCUT2D eigenvalue weighted by molar-refractivity contribution is 5.99. The van der Waals surface area contributed by atoms with Crippen LogP contribution in [0.15, 0.2) is 46.8 Å². The second-order valence-electron chi connectivity index (χ2n) is 5.96. The molecule has 0 radical (unpaired) electrons. The number of hydrogen-bond donors (Lipinski definition) is 1. The molecular weight excluding hydrogens is 317 g/mol. The highest BCUT2D eigenvalue weighted by atomic mass is 19.4. The number of allylic oxidation sites excluding steroid dienone is 4. The van der Waals surface area contributed by atoms with Gasteiger partial charge in [-0.2, -0.15) is 18.4 Å². The van der Waals surface area contributed by atoms with E-state index < -0.39 is 17.7 Å². The van der Waals surface area contributed by atoms with Crippen LogP contribution in [0.4, 0.5) is 13.2 Å². The molecule has 1 heterocycles.